The fraction of sp³-hybridized carbons (Fsp3) is 0.667. The third kappa shape index (κ3) is 8.39. The van der Waals surface area contributed by atoms with E-state index in [4.69, 9.17) is 0 Å². The average Bonchev–Trinajstić information content (AvgIpc) is 2.66. The second kappa shape index (κ2) is 14.2. The highest BCUT2D eigenvalue weighted by atomic mass is 35.5. The predicted molar refractivity (Wildman–Crippen MR) is 119 cm³/mol. The first-order valence-corrected chi connectivity index (χ1v) is 9.92. The minimum atomic E-state index is 0. The van der Waals surface area contributed by atoms with Gasteiger partial charge < -0.3 is 10.6 Å². The maximum Gasteiger partial charge on any atom is 0.220 e. The largest absolute Gasteiger partial charge is 0.354 e. The summed E-state index contributed by atoms with van der Waals surface area (Å²) in [6.45, 7) is 11.4. The molecular formula is C21H37Cl2N3O. The molecule has 2 atom stereocenters. The molecule has 0 aliphatic carbocycles. The van der Waals surface area contributed by atoms with Crippen molar-refractivity contribution in [1.82, 2.24) is 15.5 Å². The summed E-state index contributed by atoms with van der Waals surface area (Å²) in [6.07, 6.45) is 3.03. The number of hydrogen-bond acceptors (Lipinski definition) is 3. The van der Waals surface area contributed by atoms with E-state index in [2.05, 4.69) is 60.6 Å². The Balaban J connectivity index is 0.00000338. The van der Waals surface area contributed by atoms with Crippen molar-refractivity contribution in [3.05, 3.63) is 35.9 Å². The lowest BCUT2D eigenvalue weighted by molar-refractivity contribution is -0.122. The summed E-state index contributed by atoms with van der Waals surface area (Å²) < 4.78 is 0. The molecule has 1 fully saturated rings. The minimum Gasteiger partial charge on any atom is -0.354 e. The van der Waals surface area contributed by atoms with Crippen molar-refractivity contribution >= 4 is 30.7 Å². The van der Waals surface area contributed by atoms with Crippen LogP contribution in [0.3, 0.4) is 0 Å². The van der Waals surface area contributed by atoms with Gasteiger partial charge >= 0.3 is 0 Å². The molecule has 1 aliphatic heterocycles. The number of carbonyl (C=O) groups excluding carboxylic acids is 1. The molecule has 1 aromatic carbocycles. The summed E-state index contributed by atoms with van der Waals surface area (Å²) in [5.74, 6) is 1.34. The van der Waals surface area contributed by atoms with Gasteiger partial charge in [-0.1, -0.05) is 51.1 Å². The summed E-state index contributed by atoms with van der Waals surface area (Å²) in [5, 5.41) is 6.60. The molecule has 0 radical (unpaired) electrons. The predicted octanol–water partition coefficient (Wildman–Crippen LogP) is 4.06. The fourth-order valence-electron chi connectivity index (χ4n) is 3.95. The van der Waals surface area contributed by atoms with E-state index in [1.807, 2.05) is 6.07 Å². The Morgan fingerprint density at radius 3 is 2.30 bits per heavy atom. The van der Waals surface area contributed by atoms with E-state index in [0.717, 1.165) is 26.2 Å². The zero-order chi connectivity index (χ0) is 18.1. The fourth-order valence-corrected chi connectivity index (χ4v) is 3.95. The van der Waals surface area contributed by atoms with Crippen molar-refractivity contribution in [1.29, 1.82) is 0 Å². The standard InChI is InChI=1S/C21H35N3O.2ClH/c1-4-24(5-2)20(19-9-7-6-8-10-19)16-23-21(25)15-17(3)18-11-13-22-14-12-18;;/h6-10,17-18,20,22H,4-5,11-16H2,1-3H3,(H,23,25);2*1H. The molecule has 0 saturated carbocycles. The molecule has 2 rings (SSSR count). The first-order chi connectivity index (χ1) is 12.2. The summed E-state index contributed by atoms with van der Waals surface area (Å²) in [6, 6.07) is 10.8. The lowest BCUT2D eigenvalue weighted by Gasteiger charge is -2.31. The molecule has 0 spiro atoms. The van der Waals surface area contributed by atoms with Gasteiger partial charge in [0, 0.05) is 13.0 Å². The number of benzene rings is 1. The van der Waals surface area contributed by atoms with E-state index < -0.39 is 0 Å². The van der Waals surface area contributed by atoms with Crippen molar-refractivity contribution in [2.24, 2.45) is 11.8 Å². The minimum absolute atomic E-state index is 0. The summed E-state index contributed by atoms with van der Waals surface area (Å²) in [4.78, 5) is 14.9. The SMILES string of the molecule is CCN(CC)C(CNC(=O)CC(C)C1CCNCC1)c1ccccc1.Cl.Cl. The van der Waals surface area contributed by atoms with E-state index in [9.17, 15) is 4.79 Å². The molecule has 156 valence electrons. The van der Waals surface area contributed by atoms with Gasteiger partial charge in [0.25, 0.3) is 0 Å². The van der Waals surface area contributed by atoms with Crippen LogP contribution in [0.15, 0.2) is 30.3 Å². The second-order valence-corrected chi connectivity index (χ2v) is 7.22. The maximum absolute atomic E-state index is 12.5. The molecule has 1 aromatic rings. The topological polar surface area (TPSA) is 44.4 Å². The van der Waals surface area contributed by atoms with Gasteiger partial charge in [-0.25, -0.2) is 0 Å². The van der Waals surface area contributed by atoms with Gasteiger partial charge in [-0.05, 0) is 56.4 Å². The Kier molecular flexibility index (Phi) is 13.8. The van der Waals surface area contributed by atoms with Crippen LogP contribution >= 0.6 is 24.8 Å². The van der Waals surface area contributed by atoms with E-state index in [-0.39, 0.29) is 36.8 Å². The molecule has 0 aromatic heterocycles. The number of halogens is 2. The molecule has 4 nitrogen and oxygen atoms in total. The van der Waals surface area contributed by atoms with Crippen LogP contribution in [0, 0.1) is 11.8 Å². The van der Waals surface area contributed by atoms with Crippen LogP contribution < -0.4 is 10.6 Å². The Morgan fingerprint density at radius 1 is 1.15 bits per heavy atom. The van der Waals surface area contributed by atoms with Crippen molar-refractivity contribution in [2.45, 2.75) is 46.1 Å². The normalized spacial score (nSPS) is 16.7. The molecule has 27 heavy (non-hydrogen) atoms. The van der Waals surface area contributed by atoms with E-state index >= 15 is 0 Å². The Bertz CT molecular complexity index is 505. The van der Waals surface area contributed by atoms with Gasteiger partial charge in [0.1, 0.15) is 0 Å². The molecule has 2 N–H and O–H groups in total. The lowest BCUT2D eigenvalue weighted by atomic mass is 9.84. The third-order valence-electron chi connectivity index (χ3n) is 5.63. The third-order valence-corrected chi connectivity index (χ3v) is 5.63. The number of nitrogens with one attached hydrogen (secondary N) is 2. The van der Waals surface area contributed by atoms with Crippen molar-refractivity contribution in [3.8, 4) is 0 Å². The molecule has 1 heterocycles. The number of carbonyl (C=O) groups is 1. The highest BCUT2D eigenvalue weighted by Crippen LogP contribution is 2.24. The van der Waals surface area contributed by atoms with Crippen molar-refractivity contribution in [3.63, 3.8) is 0 Å². The summed E-state index contributed by atoms with van der Waals surface area (Å²) in [7, 11) is 0. The smallest absolute Gasteiger partial charge is 0.220 e. The lowest BCUT2D eigenvalue weighted by Crippen LogP contribution is -2.39. The number of likely N-dealkylation sites (N-methyl/N-ethyl adjacent to an activating group) is 1. The van der Waals surface area contributed by atoms with Gasteiger partial charge in [0.15, 0.2) is 0 Å². The zero-order valence-electron chi connectivity index (χ0n) is 16.9. The zero-order valence-corrected chi connectivity index (χ0v) is 18.6. The monoisotopic (exact) mass is 417 g/mol. The maximum atomic E-state index is 12.5. The van der Waals surface area contributed by atoms with Crippen LogP contribution in [-0.4, -0.2) is 43.5 Å². The summed E-state index contributed by atoms with van der Waals surface area (Å²) in [5.41, 5.74) is 1.28. The van der Waals surface area contributed by atoms with Crippen LogP contribution in [-0.2, 0) is 4.79 Å². The summed E-state index contributed by atoms with van der Waals surface area (Å²) >= 11 is 0. The van der Waals surface area contributed by atoms with Crippen LogP contribution in [0.25, 0.3) is 0 Å². The first kappa shape index (κ1) is 26.2. The Labute approximate surface area is 177 Å². The molecule has 2 unspecified atom stereocenters. The Hall–Kier alpha value is -0.810. The number of rotatable bonds is 9. The number of amides is 1. The van der Waals surface area contributed by atoms with Gasteiger partial charge in [-0.15, -0.1) is 24.8 Å². The quantitative estimate of drug-likeness (QED) is 0.636. The van der Waals surface area contributed by atoms with Crippen molar-refractivity contribution in [2.75, 3.05) is 32.7 Å². The molecule has 0 bridgehead atoms. The van der Waals surface area contributed by atoms with E-state index in [1.165, 1.54) is 18.4 Å². The van der Waals surface area contributed by atoms with Crippen LogP contribution in [0.2, 0.25) is 0 Å². The molecule has 1 saturated heterocycles. The second-order valence-electron chi connectivity index (χ2n) is 7.22. The highest BCUT2D eigenvalue weighted by Gasteiger charge is 2.23. The number of nitrogens with zero attached hydrogens (tertiary/aromatic N) is 1. The number of hydrogen-bond donors (Lipinski definition) is 2. The first-order valence-electron chi connectivity index (χ1n) is 9.92. The molecule has 1 amide bonds. The average molecular weight is 418 g/mol. The van der Waals surface area contributed by atoms with Gasteiger partial charge in [0.05, 0.1) is 6.04 Å². The molecule has 1 aliphatic rings. The van der Waals surface area contributed by atoms with E-state index in [0.29, 0.717) is 24.8 Å². The Morgan fingerprint density at radius 2 is 1.74 bits per heavy atom. The van der Waals surface area contributed by atoms with Gasteiger partial charge in [-0.2, -0.15) is 0 Å². The molecular weight excluding hydrogens is 381 g/mol. The van der Waals surface area contributed by atoms with Gasteiger partial charge in [0.2, 0.25) is 5.91 Å². The van der Waals surface area contributed by atoms with Crippen molar-refractivity contribution < 1.29 is 4.79 Å². The van der Waals surface area contributed by atoms with Crippen LogP contribution in [0.4, 0.5) is 0 Å². The van der Waals surface area contributed by atoms with E-state index in [1.54, 1.807) is 0 Å². The molecule has 6 heteroatoms. The highest BCUT2D eigenvalue weighted by molar-refractivity contribution is 5.85. The van der Waals surface area contributed by atoms with Gasteiger partial charge in [-0.3, -0.25) is 9.69 Å². The van der Waals surface area contributed by atoms with Crippen LogP contribution in [0.5, 0.6) is 0 Å². The number of piperidine rings is 1. The van der Waals surface area contributed by atoms with Crippen LogP contribution in [0.1, 0.15) is 51.6 Å².